The molecule has 2 aromatic rings. The largest absolute Gasteiger partial charge is 0.391 e. The molecule has 1 aromatic carbocycles. The molecule has 6 heteroatoms. The highest BCUT2D eigenvalue weighted by atomic mass is 32.1. The summed E-state index contributed by atoms with van der Waals surface area (Å²) in [5.41, 5.74) is 1.01. The fourth-order valence-electron chi connectivity index (χ4n) is 2.60. The summed E-state index contributed by atoms with van der Waals surface area (Å²) in [6, 6.07) is 6.50. The number of aliphatic hydroxyl groups excluding tert-OH is 1. The molecule has 0 bridgehead atoms. The SMILES string of the molecule is OC1CCCCC1Nc1nnc(Cc2ccc(F)cc2)s1. The van der Waals surface area contributed by atoms with E-state index >= 15 is 0 Å². The van der Waals surface area contributed by atoms with Gasteiger partial charge in [0, 0.05) is 6.42 Å². The monoisotopic (exact) mass is 307 g/mol. The maximum Gasteiger partial charge on any atom is 0.205 e. The van der Waals surface area contributed by atoms with Gasteiger partial charge in [0.1, 0.15) is 10.8 Å². The van der Waals surface area contributed by atoms with E-state index in [2.05, 4.69) is 15.5 Å². The number of aliphatic hydroxyl groups is 1. The molecule has 3 rings (SSSR count). The minimum Gasteiger partial charge on any atom is -0.391 e. The summed E-state index contributed by atoms with van der Waals surface area (Å²) < 4.78 is 12.9. The smallest absolute Gasteiger partial charge is 0.205 e. The molecule has 1 fully saturated rings. The van der Waals surface area contributed by atoms with Crippen molar-refractivity contribution in [3.05, 3.63) is 40.7 Å². The van der Waals surface area contributed by atoms with Gasteiger partial charge in [-0.25, -0.2) is 4.39 Å². The van der Waals surface area contributed by atoms with Crippen molar-refractivity contribution in [3.63, 3.8) is 0 Å². The van der Waals surface area contributed by atoms with Crippen molar-refractivity contribution in [2.75, 3.05) is 5.32 Å². The van der Waals surface area contributed by atoms with Crippen molar-refractivity contribution in [2.24, 2.45) is 0 Å². The van der Waals surface area contributed by atoms with Crippen LogP contribution in [0.4, 0.5) is 9.52 Å². The number of halogens is 1. The van der Waals surface area contributed by atoms with Gasteiger partial charge in [-0.3, -0.25) is 0 Å². The molecule has 0 amide bonds. The van der Waals surface area contributed by atoms with Gasteiger partial charge in [-0.2, -0.15) is 0 Å². The summed E-state index contributed by atoms with van der Waals surface area (Å²) in [6.07, 6.45) is 4.38. The maximum absolute atomic E-state index is 12.9. The fourth-order valence-corrected chi connectivity index (χ4v) is 3.43. The normalized spacial score (nSPS) is 22.2. The Bertz CT molecular complexity index is 587. The minimum absolute atomic E-state index is 0.0744. The van der Waals surface area contributed by atoms with Gasteiger partial charge < -0.3 is 10.4 Å². The molecule has 4 nitrogen and oxygen atoms in total. The van der Waals surface area contributed by atoms with Crippen LogP contribution in [-0.4, -0.2) is 27.4 Å². The molecule has 0 aliphatic heterocycles. The maximum atomic E-state index is 12.9. The predicted molar refractivity (Wildman–Crippen MR) is 81.0 cm³/mol. The van der Waals surface area contributed by atoms with Gasteiger partial charge in [0.05, 0.1) is 12.1 Å². The zero-order valence-corrected chi connectivity index (χ0v) is 12.4. The molecule has 0 spiro atoms. The summed E-state index contributed by atoms with van der Waals surface area (Å²) in [7, 11) is 0. The van der Waals surface area contributed by atoms with Gasteiger partial charge in [0.25, 0.3) is 0 Å². The van der Waals surface area contributed by atoms with Crippen molar-refractivity contribution >= 4 is 16.5 Å². The highest BCUT2D eigenvalue weighted by Crippen LogP contribution is 2.25. The third kappa shape index (κ3) is 3.77. The lowest BCUT2D eigenvalue weighted by Crippen LogP contribution is -2.36. The molecule has 0 radical (unpaired) electrons. The van der Waals surface area contributed by atoms with E-state index in [1.807, 2.05) is 0 Å². The van der Waals surface area contributed by atoms with Crippen LogP contribution in [0.3, 0.4) is 0 Å². The van der Waals surface area contributed by atoms with Crippen molar-refractivity contribution in [1.29, 1.82) is 0 Å². The molecule has 2 N–H and O–H groups in total. The standard InChI is InChI=1S/C15H18FN3OS/c16-11-7-5-10(6-8-11)9-14-18-19-15(21-14)17-12-3-1-2-4-13(12)20/h5-8,12-13,20H,1-4,9H2,(H,17,19). The quantitative estimate of drug-likeness (QED) is 0.912. The van der Waals surface area contributed by atoms with Crippen LogP contribution in [0.2, 0.25) is 0 Å². The molecule has 1 aliphatic carbocycles. The Morgan fingerprint density at radius 2 is 1.95 bits per heavy atom. The van der Waals surface area contributed by atoms with E-state index in [4.69, 9.17) is 0 Å². The molecule has 1 aliphatic rings. The van der Waals surface area contributed by atoms with Gasteiger partial charge in [0.2, 0.25) is 5.13 Å². The zero-order chi connectivity index (χ0) is 14.7. The first kappa shape index (κ1) is 14.4. The van der Waals surface area contributed by atoms with Crippen molar-refractivity contribution in [1.82, 2.24) is 10.2 Å². The summed E-state index contributed by atoms with van der Waals surface area (Å²) in [6.45, 7) is 0. The lowest BCUT2D eigenvalue weighted by Gasteiger charge is -2.27. The van der Waals surface area contributed by atoms with Crippen molar-refractivity contribution in [2.45, 2.75) is 44.2 Å². The first-order valence-electron chi connectivity index (χ1n) is 7.22. The third-order valence-corrected chi connectivity index (χ3v) is 4.63. The Labute approximate surface area is 127 Å². The Hall–Kier alpha value is -1.53. The van der Waals surface area contributed by atoms with Gasteiger partial charge in [-0.1, -0.05) is 36.3 Å². The molecule has 2 unspecified atom stereocenters. The number of benzene rings is 1. The van der Waals surface area contributed by atoms with Crippen molar-refractivity contribution in [3.8, 4) is 0 Å². The molecule has 0 saturated heterocycles. The van der Waals surface area contributed by atoms with E-state index in [1.54, 1.807) is 12.1 Å². The molecule has 1 heterocycles. The first-order valence-corrected chi connectivity index (χ1v) is 8.04. The molecule has 21 heavy (non-hydrogen) atoms. The second kappa shape index (κ2) is 6.49. The Morgan fingerprint density at radius 3 is 2.71 bits per heavy atom. The molecular weight excluding hydrogens is 289 g/mol. The minimum atomic E-state index is -0.303. The van der Waals surface area contributed by atoms with Gasteiger partial charge in [-0.15, -0.1) is 10.2 Å². The molecule has 1 aromatic heterocycles. The number of nitrogens with zero attached hydrogens (tertiary/aromatic N) is 2. The lowest BCUT2D eigenvalue weighted by atomic mass is 9.93. The van der Waals surface area contributed by atoms with Gasteiger partial charge in [0.15, 0.2) is 0 Å². The zero-order valence-electron chi connectivity index (χ0n) is 11.6. The topological polar surface area (TPSA) is 58.0 Å². The Balaban J connectivity index is 1.61. The number of anilines is 1. The summed E-state index contributed by atoms with van der Waals surface area (Å²) in [4.78, 5) is 0. The average Bonchev–Trinajstić information content (AvgIpc) is 2.91. The second-order valence-corrected chi connectivity index (χ2v) is 6.47. The number of hydrogen-bond donors (Lipinski definition) is 2. The van der Waals surface area contributed by atoms with E-state index in [9.17, 15) is 9.50 Å². The van der Waals surface area contributed by atoms with Gasteiger partial charge in [-0.05, 0) is 30.5 Å². The molecule has 112 valence electrons. The van der Waals surface area contributed by atoms with Crippen LogP contribution in [0, 0.1) is 5.82 Å². The third-order valence-electron chi connectivity index (χ3n) is 3.77. The van der Waals surface area contributed by atoms with Crippen LogP contribution in [0.5, 0.6) is 0 Å². The summed E-state index contributed by atoms with van der Waals surface area (Å²) >= 11 is 1.49. The lowest BCUT2D eigenvalue weighted by molar-refractivity contribution is 0.116. The van der Waals surface area contributed by atoms with Gasteiger partial charge >= 0.3 is 0 Å². The Kier molecular flexibility index (Phi) is 4.45. The van der Waals surface area contributed by atoms with Crippen LogP contribution < -0.4 is 5.32 Å². The number of nitrogens with one attached hydrogen (secondary N) is 1. The molecule has 1 saturated carbocycles. The number of hydrogen-bond acceptors (Lipinski definition) is 5. The molecular formula is C15H18FN3OS. The fraction of sp³-hybridized carbons (Fsp3) is 0.467. The highest BCUT2D eigenvalue weighted by molar-refractivity contribution is 7.15. The average molecular weight is 307 g/mol. The van der Waals surface area contributed by atoms with Crippen molar-refractivity contribution < 1.29 is 9.50 Å². The van der Waals surface area contributed by atoms with E-state index in [-0.39, 0.29) is 18.0 Å². The molecule has 2 atom stereocenters. The van der Waals surface area contributed by atoms with Crippen LogP contribution >= 0.6 is 11.3 Å². The van der Waals surface area contributed by atoms with E-state index < -0.39 is 0 Å². The van der Waals surface area contributed by atoms with E-state index in [0.717, 1.165) is 41.4 Å². The van der Waals surface area contributed by atoms with Crippen LogP contribution in [0.25, 0.3) is 0 Å². The van der Waals surface area contributed by atoms with Crippen LogP contribution in [-0.2, 0) is 6.42 Å². The first-order chi connectivity index (χ1) is 10.2. The van der Waals surface area contributed by atoms with Crippen LogP contribution in [0.15, 0.2) is 24.3 Å². The number of aromatic nitrogens is 2. The summed E-state index contributed by atoms with van der Waals surface area (Å²) in [5, 5.41) is 23.2. The number of rotatable bonds is 4. The summed E-state index contributed by atoms with van der Waals surface area (Å²) in [5.74, 6) is -0.232. The van der Waals surface area contributed by atoms with E-state index in [1.165, 1.54) is 23.5 Å². The highest BCUT2D eigenvalue weighted by Gasteiger charge is 2.23. The predicted octanol–water partition coefficient (Wildman–Crippen LogP) is 2.98. The Morgan fingerprint density at radius 1 is 1.19 bits per heavy atom. The van der Waals surface area contributed by atoms with E-state index in [0.29, 0.717) is 6.42 Å². The second-order valence-electron chi connectivity index (χ2n) is 5.41. The van der Waals surface area contributed by atoms with Crippen LogP contribution in [0.1, 0.15) is 36.3 Å².